The van der Waals surface area contributed by atoms with Crippen LogP contribution in [0.5, 0.6) is 0 Å². The van der Waals surface area contributed by atoms with Crippen LogP contribution >= 0.6 is 0 Å². The molecule has 104 valence electrons. The number of anilines is 1. The molecule has 7 nitrogen and oxygen atoms in total. The van der Waals surface area contributed by atoms with Crippen LogP contribution in [0.2, 0.25) is 0 Å². The SMILES string of the molecule is C#N.CCOC(=O)c1cn(C2CCCOC2)nc1N. The van der Waals surface area contributed by atoms with Crippen LogP contribution < -0.4 is 5.73 Å². The van der Waals surface area contributed by atoms with Gasteiger partial charge < -0.3 is 15.2 Å². The second-order valence-corrected chi connectivity index (χ2v) is 4.00. The molecule has 1 aliphatic heterocycles. The molecular formula is C12H18N4O3. The minimum Gasteiger partial charge on any atom is -0.462 e. The third-order valence-corrected chi connectivity index (χ3v) is 2.77. The van der Waals surface area contributed by atoms with Gasteiger partial charge >= 0.3 is 5.97 Å². The summed E-state index contributed by atoms with van der Waals surface area (Å²) in [7, 11) is 0. The zero-order chi connectivity index (χ0) is 14.3. The van der Waals surface area contributed by atoms with E-state index in [-0.39, 0.29) is 11.9 Å². The predicted molar refractivity (Wildman–Crippen MR) is 68.4 cm³/mol. The number of rotatable bonds is 3. The van der Waals surface area contributed by atoms with Gasteiger partial charge in [-0.2, -0.15) is 5.10 Å². The molecule has 1 fully saturated rings. The first-order valence-corrected chi connectivity index (χ1v) is 6.07. The Kier molecular flexibility index (Phi) is 5.82. The smallest absolute Gasteiger partial charge is 0.343 e. The fraction of sp³-hybridized carbons (Fsp3) is 0.583. The number of ether oxygens (including phenoxy) is 2. The predicted octanol–water partition coefficient (Wildman–Crippen LogP) is 1.13. The normalized spacial score (nSPS) is 18.2. The average molecular weight is 266 g/mol. The molecule has 1 unspecified atom stereocenters. The van der Waals surface area contributed by atoms with Gasteiger partial charge in [0.15, 0.2) is 5.82 Å². The lowest BCUT2D eigenvalue weighted by molar-refractivity contribution is 0.0516. The number of aromatic nitrogens is 2. The molecule has 2 heterocycles. The number of carbonyl (C=O) groups excluding carboxylic acids is 1. The van der Waals surface area contributed by atoms with E-state index in [2.05, 4.69) is 11.7 Å². The summed E-state index contributed by atoms with van der Waals surface area (Å²) < 4.78 is 12.0. The van der Waals surface area contributed by atoms with Gasteiger partial charge in [-0.3, -0.25) is 4.68 Å². The van der Waals surface area contributed by atoms with E-state index < -0.39 is 5.97 Å². The molecule has 1 saturated heterocycles. The lowest BCUT2D eigenvalue weighted by atomic mass is 10.1. The molecule has 0 saturated carbocycles. The zero-order valence-corrected chi connectivity index (χ0v) is 10.9. The first kappa shape index (κ1) is 15.0. The van der Waals surface area contributed by atoms with Gasteiger partial charge in [-0.15, -0.1) is 0 Å². The molecule has 0 radical (unpaired) electrons. The zero-order valence-electron chi connectivity index (χ0n) is 10.9. The number of carbonyl (C=O) groups is 1. The van der Waals surface area contributed by atoms with Crippen molar-refractivity contribution < 1.29 is 14.3 Å². The Bertz CT molecular complexity index is 435. The minimum absolute atomic E-state index is 0.161. The Morgan fingerprint density at radius 1 is 1.74 bits per heavy atom. The summed E-state index contributed by atoms with van der Waals surface area (Å²) in [4.78, 5) is 11.6. The maximum atomic E-state index is 11.6. The third-order valence-electron chi connectivity index (χ3n) is 2.77. The van der Waals surface area contributed by atoms with Gasteiger partial charge in [0.1, 0.15) is 5.56 Å². The topological polar surface area (TPSA) is 103 Å². The second-order valence-electron chi connectivity index (χ2n) is 4.00. The van der Waals surface area contributed by atoms with Gasteiger partial charge in [-0.1, -0.05) is 0 Å². The van der Waals surface area contributed by atoms with E-state index in [9.17, 15) is 4.79 Å². The standard InChI is InChI=1S/C11H17N3O3.CHN/c1-2-17-11(15)9-6-14(13-10(9)12)8-4-3-5-16-7-8;1-2/h6,8H,2-5,7H2,1H3,(H2,12,13);1H. The van der Waals surface area contributed by atoms with Gasteiger partial charge in [0.05, 0.1) is 19.3 Å². The lowest BCUT2D eigenvalue weighted by Crippen LogP contribution is -2.21. The highest BCUT2D eigenvalue weighted by Crippen LogP contribution is 2.21. The van der Waals surface area contributed by atoms with Gasteiger partial charge in [-0.25, -0.2) is 10.1 Å². The van der Waals surface area contributed by atoms with Gasteiger partial charge in [0, 0.05) is 19.4 Å². The first-order chi connectivity index (χ1) is 9.22. The molecule has 1 aromatic rings. The molecule has 0 aromatic carbocycles. The molecule has 1 aromatic heterocycles. The summed E-state index contributed by atoms with van der Waals surface area (Å²) in [6, 6.07) is 0.161. The van der Waals surface area contributed by atoms with Crippen molar-refractivity contribution in [2.24, 2.45) is 0 Å². The van der Waals surface area contributed by atoms with Crippen LogP contribution in [0.25, 0.3) is 0 Å². The van der Waals surface area contributed by atoms with Crippen molar-refractivity contribution >= 4 is 11.8 Å². The Balaban J connectivity index is 0.000000861. The first-order valence-electron chi connectivity index (χ1n) is 6.07. The van der Waals surface area contributed by atoms with Crippen molar-refractivity contribution in [3.63, 3.8) is 0 Å². The lowest BCUT2D eigenvalue weighted by Gasteiger charge is -2.22. The quantitative estimate of drug-likeness (QED) is 0.822. The Labute approximate surface area is 111 Å². The number of nitrogen functional groups attached to an aromatic ring is 1. The van der Waals surface area contributed by atoms with Crippen LogP contribution in [0.3, 0.4) is 0 Å². The number of hydrogen-bond donors (Lipinski definition) is 1. The van der Waals surface area contributed by atoms with Crippen LogP contribution in [-0.4, -0.2) is 35.6 Å². The molecule has 7 heteroatoms. The van der Waals surface area contributed by atoms with E-state index in [1.807, 2.05) is 0 Å². The summed E-state index contributed by atoms with van der Waals surface area (Å²) in [6.07, 6.45) is 3.63. The number of nitrogens with two attached hydrogens (primary N) is 1. The van der Waals surface area contributed by atoms with E-state index in [0.717, 1.165) is 19.4 Å². The van der Waals surface area contributed by atoms with Crippen LogP contribution in [0.15, 0.2) is 6.20 Å². The number of nitrogens with zero attached hydrogens (tertiary/aromatic N) is 3. The van der Waals surface area contributed by atoms with Crippen molar-refractivity contribution in [3.05, 3.63) is 11.8 Å². The van der Waals surface area contributed by atoms with Crippen molar-refractivity contribution in [1.29, 1.82) is 5.26 Å². The molecule has 0 spiro atoms. The van der Waals surface area contributed by atoms with Crippen LogP contribution in [0, 0.1) is 11.8 Å². The molecule has 0 amide bonds. The Hall–Kier alpha value is -2.07. The largest absolute Gasteiger partial charge is 0.462 e. The van der Waals surface area contributed by atoms with E-state index in [1.165, 1.54) is 0 Å². The van der Waals surface area contributed by atoms with E-state index in [1.54, 1.807) is 17.8 Å². The second kappa shape index (κ2) is 7.38. The highest BCUT2D eigenvalue weighted by Gasteiger charge is 2.21. The van der Waals surface area contributed by atoms with Gasteiger partial charge in [0.25, 0.3) is 0 Å². The van der Waals surface area contributed by atoms with E-state index in [4.69, 9.17) is 20.5 Å². The molecule has 0 aliphatic carbocycles. The highest BCUT2D eigenvalue weighted by atomic mass is 16.5. The van der Waals surface area contributed by atoms with Crippen LogP contribution in [0.1, 0.15) is 36.2 Å². The van der Waals surface area contributed by atoms with Crippen LogP contribution in [0.4, 0.5) is 5.82 Å². The fourth-order valence-corrected chi connectivity index (χ4v) is 1.89. The van der Waals surface area contributed by atoms with Crippen molar-refractivity contribution in [1.82, 2.24) is 9.78 Å². The Morgan fingerprint density at radius 3 is 3.05 bits per heavy atom. The number of hydrogen-bond acceptors (Lipinski definition) is 6. The van der Waals surface area contributed by atoms with Crippen LogP contribution in [-0.2, 0) is 9.47 Å². The molecule has 1 atom stereocenters. The Morgan fingerprint density at radius 2 is 2.47 bits per heavy atom. The maximum absolute atomic E-state index is 11.6. The summed E-state index contributed by atoms with van der Waals surface area (Å²) in [5.41, 5.74) is 6.04. The monoisotopic (exact) mass is 266 g/mol. The molecule has 2 N–H and O–H groups in total. The molecule has 19 heavy (non-hydrogen) atoms. The van der Waals surface area contributed by atoms with Crippen molar-refractivity contribution in [2.75, 3.05) is 25.6 Å². The highest BCUT2D eigenvalue weighted by molar-refractivity contribution is 5.93. The van der Waals surface area contributed by atoms with Crippen molar-refractivity contribution in [3.8, 4) is 6.57 Å². The average Bonchev–Trinajstić information content (AvgIpc) is 2.84. The number of esters is 1. The van der Waals surface area contributed by atoms with Gasteiger partial charge in [0.2, 0.25) is 0 Å². The summed E-state index contributed by atoms with van der Waals surface area (Å²) in [5.74, 6) is -0.206. The maximum Gasteiger partial charge on any atom is 0.343 e. The molecular weight excluding hydrogens is 248 g/mol. The molecule has 2 rings (SSSR count). The third kappa shape index (κ3) is 3.69. The fourth-order valence-electron chi connectivity index (χ4n) is 1.89. The van der Waals surface area contributed by atoms with E-state index >= 15 is 0 Å². The van der Waals surface area contributed by atoms with Crippen molar-refractivity contribution in [2.45, 2.75) is 25.8 Å². The minimum atomic E-state index is -0.423. The summed E-state index contributed by atoms with van der Waals surface area (Å²) in [6.45, 7) is 6.99. The molecule has 1 aliphatic rings. The molecule has 0 bridgehead atoms. The summed E-state index contributed by atoms with van der Waals surface area (Å²) >= 11 is 0. The summed E-state index contributed by atoms with van der Waals surface area (Å²) in [5, 5.41) is 10.7. The van der Waals surface area contributed by atoms with Gasteiger partial charge in [-0.05, 0) is 19.8 Å². The van der Waals surface area contributed by atoms with E-state index in [0.29, 0.717) is 18.8 Å². The number of nitriles is 1.